The van der Waals surface area contributed by atoms with E-state index in [1.165, 1.54) is 42.4 Å². The standard InChI is InChI=1S/C21H26N2S/c1-16-12-13-20(17(2)14-16)22-21(24)23(19-10-6-7-11-19)15-18-8-4-3-5-9-18/h3-5,8-9,12-14,19H,6-7,10-11,15H2,1-2H3,(H,22,24). The quantitative estimate of drug-likeness (QED) is 0.747. The van der Waals surface area contributed by atoms with Crippen LogP contribution in [0.5, 0.6) is 0 Å². The van der Waals surface area contributed by atoms with E-state index in [1.54, 1.807) is 0 Å². The van der Waals surface area contributed by atoms with Gasteiger partial charge in [0.05, 0.1) is 0 Å². The molecule has 126 valence electrons. The maximum Gasteiger partial charge on any atom is 0.173 e. The molecule has 0 unspecified atom stereocenters. The Bertz CT molecular complexity index is 690. The number of hydrogen-bond donors (Lipinski definition) is 1. The van der Waals surface area contributed by atoms with Crippen LogP contribution in [0.1, 0.15) is 42.4 Å². The molecule has 1 N–H and O–H groups in total. The highest BCUT2D eigenvalue weighted by atomic mass is 32.1. The predicted molar refractivity (Wildman–Crippen MR) is 106 cm³/mol. The fraction of sp³-hybridized carbons (Fsp3) is 0.381. The van der Waals surface area contributed by atoms with Gasteiger partial charge in [0, 0.05) is 18.3 Å². The van der Waals surface area contributed by atoms with Crippen LogP contribution < -0.4 is 5.32 Å². The summed E-state index contributed by atoms with van der Waals surface area (Å²) in [6, 6.07) is 17.6. The predicted octanol–water partition coefficient (Wildman–Crippen LogP) is 5.45. The van der Waals surface area contributed by atoms with Gasteiger partial charge >= 0.3 is 0 Å². The fourth-order valence-electron chi connectivity index (χ4n) is 3.50. The van der Waals surface area contributed by atoms with E-state index in [-0.39, 0.29) is 0 Å². The van der Waals surface area contributed by atoms with E-state index < -0.39 is 0 Å². The number of rotatable bonds is 4. The molecule has 3 heteroatoms. The van der Waals surface area contributed by atoms with Gasteiger partial charge in [-0.2, -0.15) is 0 Å². The summed E-state index contributed by atoms with van der Waals surface area (Å²) in [7, 11) is 0. The van der Waals surface area contributed by atoms with Crippen LogP contribution in [0.15, 0.2) is 48.5 Å². The van der Waals surface area contributed by atoms with Gasteiger partial charge in [0.1, 0.15) is 0 Å². The van der Waals surface area contributed by atoms with Crippen molar-refractivity contribution in [3.8, 4) is 0 Å². The van der Waals surface area contributed by atoms with Crippen molar-refractivity contribution >= 4 is 23.0 Å². The van der Waals surface area contributed by atoms with Crippen molar-refractivity contribution < 1.29 is 0 Å². The maximum atomic E-state index is 5.80. The molecule has 1 saturated carbocycles. The summed E-state index contributed by atoms with van der Waals surface area (Å²) >= 11 is 5.80. The monoisotopic (exact) mass is 338 g/mol. The molecule has 0 radical (unpaired) electrons. The third-order valence-corrected chi connectivity index (χ3v) is 5.18. The van der Waals surface area contributed by atoms with E-state index in [0.717, 1.165) is 17.3 Å². The Morgan fingerprint density at radius 1 is 1.08 bits per heavy atom. The minimum absolute atomic E-state index is 0.552. The number of aryl methyl sites for hydroxylation is 2. The zero-order valence-corrected chi connectivity index (χ0v) is 15.4. The smallest absolute Gasteiger partial charge is 0.173 e. The van der Waals surface area contributed by atoms with E-state index in [0.29, 0.717) is 6.04 Å². The van der Waals surface area contributed by atoms with Crippen LogP contribution in [0.25, 0.3) is 0 Å². The third kappa shape index (κ3) is 4.15. The molecule has 1 aliphatic rings. The summed E-state index contributed by atoms with van der Waals surface area (Å²) in [6.07, 6.45) is 5.09. The lowest BCUT2D eigenvalue weighted by atomic mass is 10.1. The summed E-state index contributed by atoms with van der Waals surface area (Å²) in [5.74, 6) is 0. The second-order valence-electron chi connectivity index (χ2n) is 6.80. The third-order valence-electron chi connectivity index (χ3n) is 4.85. The molecule has 0 aromatic heterocycles. The number of nitrogens with zero attached hydrogens (tertiary/aromatic N) is 1. The zero-order chi connectivity index (χ0) is 16.9. The van der Waals surface area contributed by atoms with Gasteiger partial charge in [0.15, 0.2) is 5.11 Å². The van der Waals surface area contributed by atoms with E-state index in [4.69, 9.17) is 12.2 Å². The summed E-state index contributed by atoms with van der Waals surface area (Å²) in [5.41, 5.74) is 4.94. The molecule has 3 rings (SSSR count). The molecule has 24 heavy (non-hydrogen) atoms. The largest absolute Gasteiger partial charge is 0.342 e. The Balaban J connectivity index is 1.77. The van der Waals surface area contributed by atoms with E-state index in [9.17, 15) is 0 Å². The average molecular weight is 339 g/mol. The topological polar surface area (TPSA) is 15.3 Å². The van der Waals surface area contributed by atoms with Gasteiger partial charge in [0.2, 0.25) is 0 Å². The Morgan fingerprint density at radius 2 is 1.79 bits per heavy atom. The van der Waals surface area contributed by atoms with Crippen LogP contribution in [-0.2, 0) is 6.54 Å². The van der Waals surface area contributed by atoms with Crippen molar-refractivity contribution in [2.24, 2.45) is 0 Å². The molecular formula is C21H26N2S. The first-order valence-corrected chi connectivity index (χ1v) is 9.23. The van der Waals surface area contributed by atoms with Crippen molar-refractivity contribution in [3.05, 3.63) is 65.2 Å². The molecule has 2 nitrogen and oxygen atoms in total. The van der Waals surface area contributed by atoms with Crippen LogP contribution in [0.3, 0.4) is 0 Å². The highest BCUT2D eigenvalue weighted by Gasteiger charge is 2.25. The van der Waals surface area contributed by atoms with E-state index in [1.807, 2.05) is 0 Å². The summed E-state index contributed by atoms with van der Waals surface area (Å²) in [5, 5.41) is 4.34. The number of hydrogen-bond acceptors (Lipinski definition) is 1. The van der Waals surface area contributed by atoms with Crippen LogP contribution in [0.4, 0.5) is 5.69 Å². The Morgan fingerprint density at radius 3 is 2.46 bits per heavy atom. The Labute approximate surface area is 150 Å². The van der Waals surface area contributed by atoms with Crippen molar-refractivity contribution in [1.82, 2.24) is 4.90 Å². The molecular weight excluding hydrogens is 312 g/mol. The van der Waals surface area contributed by atoms with E-state index >= 15 is 0 Å². The van der Waals surface area contributed by atoms with Gasteiger partial charge in [-0.05, 0) is 56.1 Å². The lowest BCUT2D eigenvalue weighted by Gasteiger charge is -2.32. The highest BCUT2D eigenvalue weighted by Crippen LogP contribution is 2.26. The second kappa shape index (κ2) is 7.80. The van der Waals surface area contributed by atoms with Crippen LogP contribution in [0, 0.1) is 13.8 Å². The summed E-state index contributed by atoms with van der Waals surface area (Å²) in [6.45, 7) is 5.13. The molecule has 0 saturated heterocycles. The van der Waals surface area contributed by atoms with Crippen molar-refractivity contribution in [3.63, 3.8) is 0 Å². The molecule has 0 atom stereocenters. The first-order valence-electron chi connectivity index (χ1n) is 8.82. The van der Waals surface area contributed by atoms with Gasteiger partial charge < -0.3 is 10.2 Å². The molecule has 0 bridgehead atoms. The molecule has 0 heterocycles. The van der Waals surface area contributed by atoms with Crippen molar-refractivity contribution in [1.29, 1.82) is 0 Å². The minimum atomic E-state index is 0.552. The van der Waals surface area contributed by atoms with Gasteiger partial charge in [-0.25, -0.2) is 0 Å². The highest BCUT2D eigenvalue weighted by molar-refractivity contribution is 7.80. The average Bonchev–Trinajstić information content (AvgIpc) is 3.10. The number of anilines is 1. The SMILES string of the molecule is Cc1ccc(NC(=S)N(Cc2ccccc2)C2CCCC2)c(C)c1. The number of benzene rings is 2. The maximum absolute atomic E-state index is 5.80. The zero-order valence-electron chi connectivity index (χ0n) is 14.6. The van der Waals surface area contributed by atoms with Gasteiger partial charge in [-0.1, -0.05) is 60.9 Å². The Hall–Kier alpha value is -1.87. The second-order valence-corrected chi connectivity index (χ2v) is 7.19. The molecule has 2 aromatic carbocycles. The summed E-state index contributed by atoms with van der Waals surface area (Å²) in [4.78, 5) is 2.39. The molecule has 0 aliphatic heterocycles. The lowest BCUT2D eigenvalue weighted by molar-refractivity contribution is 0.312. The minimum Gasteiger partial charge on any atom is -0.342 e. The number of thiocarbonyl (C=S) groups is 1. The van der Waals surface area contributed by atoms with E-state index in [2.05, 4.69) is 72.6 Å². The van der Waals surface area contributed by atoms with Gasteiger partial charge in [-0.3, -0.25) is 0 Å². The molecule has 2 aromatic rings. The lowest BCUT2D eigenvalue weighted by Crippen LogP contribution is -2.41. The van der Waals surface area contributed by atoms with Crippen LogP contribution >= 0.6 is 12.2 Å². The van der Waals surface area contributed by atoms with Crippen molar-refractivity contribution in [2.45, 2.75) is 52.1 Å². The normalized spacial score (nSPS) is 14.6. The first-order chi connectivity index (χ1) is 11.6. The molecule has 1 aliphatic carbocycles. The first kappa shape index (κ1) is 17.0. The number of nitrogens with one attached hydrogen (secondary N) is 1. The van der Waals surface area contributed by atoms with Gasteiger partial charge in [0.25, 0.3) is 0 Å². The molecule has 0 amide bonds. The summed E-state index contributed by atoms with van der Waals surface area (Å²) < 4.78 is 0. The van der Waals surface area contributed by atoms with Crippen molar-refractivity contribution in [2.75, 3.05) is 5.32 Å². The Kier molecular flexibility index (Phi) is 5.52. The van der Waals surface area contributed by atoms with Crippen LogP contribution in [-0.4, -0.2) is 16.1 Å². The fourth-order valence-corrected chi connectivity index (χ4v) is 3.83. The molecule has 1 fully saturated rings. The van der Waals surface area contributed by atoms with Crippen LogP contribution in [0.2, 0.25) is 0 Å². The van der Waals surface area contributed by atoms with Gasteiger partial charge in [-0.15, -0.1) is 0 Å². The molecule has 0 spiro atoms.